The summed E-state index contributed by atoms with van der Waals surface area (Å²) in [5, 5.41) is 1.04. The van der Waals surface area contributed by atoms with Crippen molar-refractivity contribution in [1.29, 1.82) is 0 Å². The molecule has 0 unspecified atom stereocenters. The smallest absolute Gasteiger partial charge is 0.228 e. The van der Waals surface area contributed by atoms with Crippen molar-refractivity contribution < 1.29 is 9.21 Å². The Morgan fingerprint density at radius 3 is 2.94 bits per heavy atom. The Hall–Kier alpha value is -1.81. The standard InChI is InChI=1S/C14H16N2O2/c1-15-7-5-13(17)16(9-8-15)12-4-2-3-11-6-10-18-14(11)12/h2-4,6,10H,5,7-9H2,1H3. The number of benzene rings is 1. The molecule has 0 radical (unpaired) electrons. The van der Waals surface area contributed by atoms with Crippen molar-refractivity contribution in [2.45, 2.75) is 6.42 Å². The lowest BCUT2D eigenvalue weighted by Crippen LogP contribution is -2.32. The second-order valence-corrected chi connectivity index (χ2v) is 4.71. The molecule has 1 aliphatic heterocycles. The first-order valence-corrected chi connectivity index (χ1v) is 6.21. The second-order valence-electron chi connectivity index (χ2n) is 4.71. The number of anilines is 1. The number of carbonyl (C=O) groups excluding carboxylic acids is 1. The van der Waals surface area contributed by atoms with Crippen molar-refractivity contribution in [1.82, 2.24) is 4.90 Å². The molecule has 3 rings (SSSR count). The number of fused-ring (bicyclic) bond motifs is 1. The summed E-state index contributed by atoms with van der Waals surface area (Å²) in [4.78, 5) is 16.2. The first kappa shape index (κ1) is 11.3. The predicted molar refractivity (Wildman–Crippen MR) is 70.7 cm³/mol. The van der Waals surface area contributed by atoms with Crippen LogP contribution in [0, 0.1) is 0 Å². The molecule has 4 heteroatoms. The maximum Gasteiger partial charge on any atom is 0.228 e. The van der Waals surface area contributed by atoms with Gasteiger partial charge in [0.05, 0.1) is 12.0 Å². The van der Waals surface area contributed by atoms with E-state index in [1.807, 2.05) is 36.2 Å². The topological polar surface area (TPSA) is 36.7 Å². The zero-order valence-electron chi connectivity index (χ0n) is 10.4. The van der Waals surface area contributed by atoms with Gasteiger partial charge in [0.1, 0.15) is 0 Å². The van der Waals surface area contributed by atoms with Crippen LogP contribution in [0.15, 0.2) is 34.9 Å². The van der Waals surface area contributed by atoms with E-state index in [2.05, 4.69) is 4.90 Å². The molecule has 0 atom stereocenters. The average Bonchev–Trinajstić information content (AvgIpc) is 2.79. The third kappa shape index (κ3) is 1.88. The molecule has 1 saturated heterocycles. The van der Waals surface area contributed by atoms with Crippen LogP contribution in [0.2, 0.25) is 0 Å². The van der Waals surface area contributed by atoms with Crippen LogP contribution in [0.25, 0.3) is 11.0 Å². The fraction of sp³-hybridized carbons (Fsp3) is 0.357. The van der Waals surface area contributed by atoms with Crippen LogP contribution in [0.1, 0.15) is 6.42 Å². The van der Waals surface area contributed by atoms with Crippen LogP contribution in [0.5, 0.6) is 0 Å². The number of furan rings is 1. The Kier molecular flexibility index (Phi) is 2.80. The Balaban J connectivity index is 2.02. The van der Waals surface area contributed by atoms with Crippen molar-refractivity contribution in [3.63, 3.8) is 0 Å². The molecule has 2 heterocycles. The molecule has 0 saturated carbocycles. The van der Waals surface area contributed by atoms with Gasteiger partial charge in [-0.2, -0.15) is 0 Å². The highest BCUT2D eigenvalue weighted by molar-refractivity contribution is 6.01. The van der Waals surface area contributed by atoms with Gasteiger partial charge in [-0.1, -0.05) is 12.1 Å². The van der Waals surface area contributed by atoms with Crippen LogP contribution in [0.4, 0.5) is 5.69 Å². The van der Waals surface area contributed by atoms with Gasteiger partial charge in [-0.05, 0) is 19.2 Å². The van der Waals surface area contributed by atoms with E-state index in [0.717, 1.165) is 36.3 Å². The van der Waals surface area contributed by atoms with Gasteiger partial charge in [-0.3, -0.25) is 4.79 Å². The summed E-state index contributed by atoms with van der Waals surface area (Å²) in [7, 11) is 2.05. The fourth-order valence-corrected chi connectivity index (χ4v) is 2.37. The first-order valence-electron chi connectivity index (χ1n) is 6.21. The van der Waals surface area contributed by atoms with E-state index in [-0.39, 0.29) is 5.91 Å². The van der Waals surface area contributed by atoms with E-state index < -0.39 is 0 Å². The molecule has 4 nitrogen and oxygen atoms in total. The zero-order chi connectivity index (χ0) is 12.5. The Labute approximate surface area is 106 Å². The lowest BCUT2D eigenvalue weighted by atomic mass is 10.2. The highest BCUT2D eigenvalue weighted by Gasteiger charge is 2.22. The maximum absolute atomic E-state index is 12.2. The number of likely N-dealkylation sites (N-methyl/N-ethyl adjacent to an activating group) is 1. The van der Waals surface area contributed by atoms with Crippen LogP contribution in [0.3, 0.4) is 0 Å². The predicted octanol–water partition coefficient (Wildman–Crippen LogP) is 2.10. The molecule has 2 aromatic rings. The second kappa shape index (κ2) is 4.46. The minimum absolute atomic E-state index is 0.170. The zero-order valence-corrected chi connectivity index (χ0v) is 10.4. The highest BCUT2D eigenvalue weighted by atomic mass is 16.3. The van der Waals surface area contributed by atoms with Gasteiger partial charge in [0.2, 0.25) is 5.91 Å². The number of hydrogen-bond acceptors (Lipinski definition) is 3. The number of rotatable bonds is 1. The van der Waals surface area contributed by atoms with Gasteiger partial charge in [0.25, 0.3) is 0 Å². The van der Waals surface area contributed by atoms with E-state index in [1.54, 1.807) is 6.26 Å². The molecular formula is C14H16N2O2. The summed E-state index contributed by atoms with van der Waals surface area (Å²) in [6, 6.07) is 7.84. The van der Waals surface area contributed by atoms with Gasteiger partial charge in [0.15, 0.2) is 5.58 Å². The Morgan fingerprint density at radius 1 is 1.17 bits per heavy atom. The summed E-state index contributed by atoms with van der Waals surface area (Å²) in [5.41, 5.74) is 1.69. The van der Waals surface area contributed by atoms with E-state index >= 15 is 0 Å². The summed E-state index contributed by atoms with van der Waals surface area (Å²) >= 11 is 0. The van der Waals surface area contributed by atoms with Gasteiger partial charge >= 0.3 is 0 Å². The molecule has 18 heavy (non-hydrogen) atoms. The molecule has 0 bridgehead atoms. The maximum atomic E-state index is 12.2. The van der Waals surface area contributed by atoms with E-state index in [0.29, 0.717) is 6.42 Å². The van der Waals surface area contributed by atoms with Crippen molar-refractivity contribution in [2.75, 3.05) is 31.6 Å². The summed E-state index contributed by atoms with van der Waals surface area (Å²) < 4.78 is 5.51. The van der Waals surface area contributed by atoms with Crippen molar-refractivity contribution in [3.05, 3.63) is 30.5 Å². The van der Waals surface area contributed by atoms with Crippen molar-refractivity contribution in [2.24, 2.45) is 0 Å². The molecule has 0 N–H and O–H groups in total. The van der Waals surface area contributed by atoms with E-state index in [1.165, 1.54) is 0 Å². The highest BCUT2D eigenvalue weighted by Crippen LogP contribution is 2.28. The molecular weight excluding hydrogens is 228 g/mol. The molecule has 1 fully saturated rings. The number of hydrogen-bond donors (Lipinski definition) is 0. The quantitative estimate of drug-likeness (QED) is 0.771. The van der Waals surface area contributed by atoms with Gasteiger partial charge in [0, 0.05) is 31.4 Å². The molecule has 0 spiro atoms. The summed E-state index contributed by atoms with van der Waals surface area (Å²) in [5.74, 6) is 0.170. The largest absolute Gasteiger partial charge is 0.462 e. The van der Waals surface area contributed by atoms with Crippen molar-refractivity contribution >= 4 is 22.6 Å². The minimum Gasteiger partial charge on any atom is -0.462 e. The fourth-order valence-electron chi connectivity index (χ4n) is 2.37. The molecule has 1 aliphatic rings. The number of amides is 1. The van der Waals surface area contributed by atoms with Gasteiger partial charge in [-0.15, -0.1) is 0 Å². The van der Waals surface area contributed by atoms with Crippen LogP contribution in [-0.4, -0.2) is 37.5 Å². The monoisotopic (exact) mass is 244 g/mol. The SMILES string of the molecule is CN1CCC(=O)N(c2cccc3ccoc23)CC1. The third-order valence-corrected chi connectivity index (χ3v) is 3.46. The first-order chi connectivity index (χ1) is 8.75. The van der Waals surface area contributed by atoms with Crippen LogP contribution < -0.4 is 4.90 Å². The summed E-state index contributed by atoms with van der Waals surface area (Å²) in [6.45, 7) is 2.43. The summed E-state index contributed by atoms with van der Waals surface area (Å²) in [6.07, 6.45) is 2.23. The Morgan fingerprint density at radius 2 is 2.06 bits per heavy atom. The van der Waals surface area contributed by atoms with E-state index in [9.17, 15) is 4.79 Å². The number of carbonyl (C=O) groups is 1. The van der Waals surface area contributed by atoms with E-state index in [4.69, 9.17) is 4.42 Å². The van der Waals surface area contributed by atoms with Gasteiger partial charge in [-0.25, -0.2) is 0 Å². The molecule has 94 valence electrons. The molecule has 1 aromatic carbocycles. The number of para-hydroxylation sites is 1. The molecule has 1 aromatic heterocycles. The lowest BCUT2D eigenvalue weighted by molar-refractivity contribution is -0.118. The normalized spacial score (nSPS) is 18.3. The third-order valence-electron chi connectivity index (χ3n) is 3.46. The molecule has 0 aliphatic carbocycles. The average molecular weight is 244 g/mol. The lowest BCUT2D eigenvalue weighted by Gasteiger charge is -2.20. The van der Waals surface area contributed by atoms with Crippen molar-refractivity contribution in [3.8, 4) is 0 Å². The van der Waals surface area contributed by atoms with Crippen LogP contribution in [-0.2, 0) is 4.79 Å². The number of nitrogens with zero attached hydrogens (tertiary/aromatic N) is 2. The minimum atomic E-state index is 0.170. The Bertz CT molecular complexity index is 576. The molecule has 1 amide bonds. The van der Waals surface area contributed by atoms with Crippen LogP contribution >= 0.6 is 0 Å². The van der Waals surface area contributed by atoms with Gasteiger partial charge < -0.3 is 14.2 Å².